The van der Waals surface area contributed by atoms with E-state index >= 15 is 0 Å². The SMILES string of the molecule is O=S(=O)(c1ncccc1F)N(CCCl)CC(F)(F)F. The van der Waals surface area contributed by atoms with Gasteiger partial charge in [0.1, 0.15) is 6.54 Å². The highest BCUT2D eigenvalue weighted by Crippen LogP contribution is 2.22. The predicted octanol–water partition coefficient (Wildman–Crippen LogP) is 2.01. The molecule has 0 bridgehead atoms. The molecule has 0 atom stereocenters. The fourth-order valence-electron chi connectivity index (χ4n) is 1.26. The number of rotatable bonds is 5. The molecule has 0 aromatic carbocycles. The van der Waals surface area contributed by atoms with Gasteiger partial charge < -0.3 is 0 Å². The van der Waals surface area contributed by atoms with Crippen LogP contribution in [0, 0.1) is 5.82 Å². The minimum absolute atomic E-state index is 0.0470. The van der Waals surface area contributed by atoms with Crippen LogP contribution in [0.2, 0.25) is 0 Å². The lowest BCUT2D eigenvalue weighted by atomic mass is 10.5. The molecule has 0 N–H and O–H groups in total. The van der Waals surface area contributed by atoms with Crippen molar-refractivity contribution in [2.24, 2.45) is 0 Å². The van der Waals surface area contributed by atoms with E-state index < -0.39 is 40.1 Å². The van der Waals surface area contributed by atoms with Crippen LogP contribution in [0.3, 0.4) is 0 Å². The van der Waals surface area contributed by atoms with Crippen LogP contribution in [0.25, 0.3) is 0 Å². The number of nitrogens with zero attached hydrogens (tertiary/aromatic N) is 2. The van der Waals surface area contributed by atoms with Gasteiger partial charge in [-0.05, 0) is 12.1 Å². The second-order valence-electron chi connectivity index (χ2n) is 3.43. The topological polar surface area (TPSA) is 50.3 Å². The second kappa shape index (κ2) is 6.02. The maximum absolute atomic E-state index is 13.3. The van der Waals surface area contributed by atoms with E-state index in [0.717, 1.165) is 18.3 Å². The van der Waals surface area contributed by atoms with Crippen LogP contribution < -0.4 is 0 Å². The molecule has 0 saturated carbocycles. The Hall–Kier alpha value is -0.930. The predicted molar refractivity (Wildman–Crippen MR) is 59.7 cm³/mol. The molecular weight excluding hydrogens is 312 g/mol. The van der Waals surface area contributed by atoms with E-state index in [1.165, 1.54) is 0 Å². The van der Waals surface area contributed by atoms with Crippen molar-refractivity contribution in [2.45, 2.75) is 11.2 Å². The summed E-state index contributed by atoms with van der Waals surface area (Å²) in [4.78, 5) is 3.27. The molecule has 1 aromatic rings. The molecule has 0 radical (unpaired) electrons. The quantitative estimate of drug-likeness (QED) is 0.616. The van der Waals surface area contributed by atoms with Crippen LogP contribution in [-0.2, 0) is 10.0 Å². The molecule has 10 heteroatoms. The van der Waals surface area contributed by atoms with Crippen molar-refractivity contribution < 1.29 is 26.0 Å². The van der Waals surface area contributed by atoms with Gasteiger partial charge >= 0.3 is 6.18 Å². The number of hydrogen-bond donors (Lipinski definition) is 0. The number of hydrogen-bond acceptors (Lipinski definition) is 3. The lowest BCUT2D eigenvalue weighted by Crippen LogP contribution is -2.40. The molecule has 0 aliphatic heterocycles. The van der Waals surface area contributed by atoms with Crippen LogP contribution in [0.15, 0.2) is 23.4 Å². The summed E-state index contributed by atoms with van der Waals surface area (Å²) in [5, 5.41) is -1.05. The molecule has 19 heavy (non-hydrogen) atoms. The highest BCUT2D eigenvalue weighted by molar-refractivity contribution is 7.89. The van der Waals surface area contributed by atoms with Gasteiger partial charge in [0.15, 0.2) is 5.82 Å². The molecule has 108 valence electrons. The first-order valence-electron chi connectivity index (χ1n) is 4.92. The molecular formula is C9H9ClF4N2O2S. The minimum atomic E-state index is -4.76. The van der Waals surface area contributed by atoms with Gasteiger partial charge in [0, 0.05) is 18.6 Å². The molecule has 0 spiro atoms. The highest BCUT2D eigenvalue weighted by Gasteiger charge is 2.38. The first-order chi connectivity index (χ1) is 8.68. The third-order valence-corrected chi connectivity index (χ3v) is 3.95. The van der Waals surface area contributed by atoms with E-state index in [1.807, 2.05) is 0 Å². The maximum atomic E-state index is 13.3. The molecule has 1 rings (SSSR count). The van der Waals surface area contributed by atoms with Gasteiger partial charge in [-0.25, -0.2) is 17.8 Å². The third-order valence-electron chi connectivity index (χ3n) is 2.00. The fraction of sp³-hybridized carbons (Fsp3) is 0.444. The van der Waals surface area contributed by atoms with Gasteiger partial charge in [0.25, 0.3) is 10.0 Å². The van der Waals surface area contributed by atoms with Crippen molar-refractivity contribution in [3.8, 4) is 0 Å². The standard InChI is InChI=1S/C9H9ClF4N2O2S/c10-3-5-16(6-9(12,13)14)19(17,18)8-7(11)2-1-4-15-8/h1-2,4H,3,5-6H2. The van der Waals surface area contributed by atoms with E-state index in [4.69, 9.17) is 11.6 Å². The maximum Gasteiger partial charge on any atom is 0.402 e. The number of pyridine rings is 1. The molecule has 1 heterocycles. The largest absolute Gasteiger partial charge is 0.402 e. The smallest absolute Gasteiger partial charge is 0.241 e. The molecule has 0 saturated heterocycles. The minimum Gasteiger partial charge on any atom is -0.241 e. The van der Waals surface area contributed by atoms with Gasteiger partial charge in [0.05, 0.1) is 0 Å². The number of sulfonamides is 1. The first-order valence-corrected chi connectivity index (χ1v) is 6.89. The molecule has 1 aromatic heterocycles. The summed E-state index contributed by atoms with van der Waals surface area (Å²) in [5.41, 5.74) is 0. The van der Waals surface area contributed by atoms with Gasteiger partial charge in [-0.2, -0.15) is 17.5 Å². The zero-order valence-corrected chi connectivity index (χ0v) is 10.9. The molecule has 0 unspecified atom stereocenters. The summed E-state index contributed by atoms with van der Waals surface area (Å²) in [5.74, 6) is -1.58. The van der Waals surface area contributed by atoms with Crippen LogP contribution in [0.5, 0.6) is 0 Å². The molecule has 0 fully saturated rings. The number of halogens is 5. The number of alkyl halides is 4. The summed E-state index contributed by atoms with van der Waals surface area (Å²) in [6.07, 6.45) is -3.78. The van der Waals surface area contributed by atoms with Crippen molar-refractivity contribution >= 4 is 21.6 Å². The Bertz CT molecular complexity index is 535. The molecule has 0 amide bonds. The average molecular weight is 321 g/mol. The van der Waals surface area contributed by atoms with Crippen molar-refractivity contribution in [3.63, 3.8) is 0 Å². The number of aromatic nitrogens is 1. The van der Waals surface area contributed by atoms with Crippen LogP contribution in [-0.4, -0.2) is 42.9 Å². The van der Waals surface area contributed by atoms with Gasteiger partial charge in [-0.3, -0.25) is 0 Å². The summed E-state index contributed by atoms with van der Waals surface area (Å²) in [6, 6.07) is 1.93. The van der Waals surface area contributed by atoms with Crippen molar-refractivity contribution in [1.82, 2.24) is 9.29 Å². The molecule has 4 nitrogen and oxygen atoms in total. The Kier molecular flexibility index (Phi) is 5.11. The summed E-state index contributed by atoms with van der Waals surface area (Å²) < 4.78 is 74.1. The molecule has 0 aliphatic carbocycles. The normalized spacial score (nSPS) is 12.9. The summed E-state index contributed by atoms with van der Waals surface area (Å²) >= 11 is 5.27. The third kappa shape index (κ3) is 4.29. The Morgan fingerprint density at radius 2 is 2.00 bits per heavy atom. The Morgan fingerprint density at radius 3 is 2.47 bits per heavy atom. The zero-order chi connectivity index (χ0) is 14.7. The Labute approximate surface area is 112 Å². The monoisotopic (exact) mass is 320 g/mol. The Morgan fingerprint density at radius 1 is 1.37 bits per heavy atom. The summed E-state index contributed by atoms with van der Waals surface area (Å²) in [7, 11) is -4.68. The van der Waals surface area contributed by atoms with Crippen molar-refractivity contribution in [2.75, 3.05) is 19.0 Å². The van der Waals surface area contributed by atoms with Crippen LogP contribution in [0.4, 0.5) is 17.6 Å². The van der Waals surface area contributed by atoms with E-state index in [0.29, 0.717) is 0 Å². The molecule has 0 aliphatic rings. The van der Waals surface area contributed by atoms with Gasteiger partial charge in [-0.15, -0.1) is 11.6 Å². The highest BCUT2D eigenvalue weighted by atomic mass is 35.5. The van der Waals surface area contributed by atoms with Crippen LogP contribution in [0.1, 0.15) is 0 Å². The van der Waals surface area contributed by atoms with Crippen molar-refractivity contribution in [3.05, 3.63) is 24.1 Å². The van der Waals surface area contributed by atoms with E-state index in [9.17, 15) is 26.0 Å². The average Bonchev–Trinajstić information content (AvgIpc) is 2.27. The van der Waals surface area contributed by atoms with Crippen molar-refractivity contribution in [1.29, 1.82) is 0 Å². The lowest BCUT2D eigenvalue weighted by Gasteiger charge is -2.22. The first kappa shape index (κ1) is 16.1. The van der Waals surface area contributed by atoms with Crippen LogP contribution >= 0.6 is 11.6 Å². The van der Waals surface area contributed by atoms with E-state index in [-0.39, 0.29) is 10.2 Å². The van der Waals surface area contributed by atoms with Gasteiger partial charge in [-0.1, -0.05) is 0 Å². The zero-order valence-electron chi connectivity index (χ0n) is 9.36. The lowest BCUT2D eigenvalue weighted by molar-refractivity contribution is -0.135. The second-order valence-corrected chi connectivity index (χ2v) is 5.66. The Balaban J connectivity index is 3.17. The van der Waals surface area contributed by atoms with E-state index in [1.54, 1.807) is 0 Å². The fourth-order valence-corrected chi connectivity index (χ4v) is 2.97. The van der Waals surface area contributed by atoms with E-state index in [2.05, 4.69) is 4.98 Å². The van der Waals surface area contributed by atoms with Gasteiger partial charge in [0.2, 0.25) is 5.03 Å². The summed E-state index contributed by atoms with van der Waals surface area (Å²) in [6.45, 7) is -2.35.